The van der Waals surface area contributed by atoms with Gasteiger partial charge in [-0.05, 0) is 70.8 Å². The molecule has 0 amide bonds. The van der Waals surface area contributed by atoms with E-state index in [2.05, 4.69) is 167 Å². The molecular formula is C44H26N2O. The molecule has 0 atom stereocenters. The van der Waals surface area contributed by atoms with E-state index in [4.69, 9.17) is 4.42 Å². The molecule has 3 heteroatoms. The average Bonchev–Trinajstić information content (AvgIpc) is 3.78. The third kappa shape index (κ3) is 3.30. The van der Waals surface area contributed by atoms with Crippen LogP contribution in [0.15, 0.2) is 162 Å². The predicted molar refractivity (Wildman–Crippen MR) is 197 cm³/mol. The maximum atomic E-state index is 7.12. The van der Waals surface area contributed by atoms with E-state index in [9.17, 15) is 0 Å². The van der Waals surface area contributed by atoms with Crippen LogP contribution in [0.3, 0.4) is 0 Å². The SMILES string of the molecule is c1ccc2cc(-n3c4ccccc4c4c5oc6c(ccc7c6c6ccccc6n7-c6cccc7ccccc67)c5ccc43)ccc2c1. The Labute approximate surface area is 269 Å². The molecule has 3 heterocycles. The highest BCUT2D eigenvalue weighted by Crippen LogP contribution is 2.45. The van der Waals surface area contributed by atoms with Crippen LogP contribution in [0, 0.1) is 0 Å². The highest BCUT2D eigenvalue weighted by Gasteiger charge is 2.22. The molecule has 0 aliphatic carbocycles. The van der Waals surface area contributed by atoms with Gasteiger partial charge in [-0.3, -0.25) is 0 Å². The number of para-hydroxylation sites is 2. The van der Waals surface area contributed by atoms with Gasteiger partial charge in [0.25, 0.3) is 0 Å². The average molecular weight is 599 g/mol. The first kappa shape index (κ1) is 24.9. The summed E-state index contributed by atoms with van der Waals surface area (Å²) in [4.78, 5) is 0. The summed E-state index contributed by atoms with van der Waals surface area (Å²) in [7, 11) is 0. The summed E-state index contributed by atoms with van der Waals surface area (Å²) in [5.41, 5.74) is 8.81. The first-order valence-corrected chi connectivity index (χ1v) is 16.1. The van der Waals surface area contributed by atoms with Crippen LogP contribution in [-0.4, -0.2) is 9.13 Å². The molecule has 0 aliphatic heterocycles. The second-order valence-electron chi connectivity index (χ2n) is 12.5. The van der Waals surface area contributed by atoms with Crippen molar-refractivity contribution in [2.24, 2.45) is 0 Å². The van der Waals surface area contributed by atoms with E-state index in [1.807, 2.05) is 0 Å². The van der Waals surface area contributed by atoms with Gasteiger partial charge in [0.15, 0.2) is 0 Å². The van der Waals surface area contributed by atoms with Gasteiger partial charge in [-0.1, -0.05) is 103 Å². The molecule has 0 N–H and O–H groups in total. The van der Waals surface area contributed by atoms with Crippen LogP contribution in [0.5, 0.6) is 0 Å². The number of nitrogens with zero attached hydrogens (tertiary/aromatic N) is 2. The smallest absolute Gasteiger partial charge is 0.145 e. The zero-order chi connectivity index (χ0) is 30.6. The molecule has 8 aromatic carbocycles. The Bertz CT molecular complexity index is 3070. The molecule has 0 bridgehead atoms. The van der Waals surface area contributed by atoms with Gasteiger partial charge in [0.2, 0.25) is 0 Å². The van der Waals surface area contributed by atoms with Gasteiger partial charge in [-0.25, -0.2) is 0 Å². The molecule has 0 aliphatic rings. The van der Waals surface area contributed by atoms with Crippen LogP contribution in [0.2, 0.25) is 0 Å². The zero-order valence-corrected chi connectivity index (χ0v) is 25.3. The quantitative estimate of drug-likeness (QED) is 0.194. The molecule has 11 rings (SSSR count). The first-order valence-electron chi connectivity index (χ1n) is 16.1. The Kier molecular flexibility index (Phi) is 4.84. The third-order valence-electron chi connectivity index (χ3n) is 10.1. The monoisotopic (exact) mass is 598 g/mol. The lowest BCUT2D eigenvalue weighted by Gasteiger charge is -2.11. The molecule has 0 spiro atoms. The molecule has 0 saturated heterocycles. The van der Waals surface area contributed by atoms with Gasteiger partial charge in [-0.15, -0.1) is 0 Å². The lowest BCUT2D eigenvalue weighted by molar-refractivity contribution is 0.677. The van der Waals surface area contributed by atoms with Crippen LogP contribution in [0.25, 0.3) is 98.5 Å². The fourth-order valence-corrected chi connectivity index (χ4v) is 8.05. The number of furan rings is 1. The summed E-state index contributed by atoms with van der Waals surface area (Å²) < 4.78 is 11.9. The van der Waals surface area contributed by atoms with Crippen molar-refractivity contribution in [1.29, 1.82) is 0 Å². The summed E-state index contributed by atoms with van der Waals surface area (Å²) in [6, 6.07) is 56.9. The van der Waals surface area contributed by atoms with Gasteiger partial charge >= 0.3 is 0 Å². The van der Waals surface area contributed by atoms with Crippen LogP contribution < -0.4 is 0 Å². The maximum Gasteiger partial charge on any atom is 0.145 e. The van der Waals surface area contributed by atoms with Crippen molar-refractivity contribution in [3.05, 3.63) is 158 Å². The fraction of sp³-hybridized carbons (Fsp3) is 0. The molecule has 3 aromatic heterocycles. The van der Waals surface area contributed by atoms with E-state index in [1.54, 1.807) is 0 Å². The Balaban J connectivity index is 1.26. The van der Waals surface area contributed by atoms with Crippen LogP contribution >= 0.6 is 0 Å². The number of hydrogen-bond donors (Lipinski definition) is 0. The Morgan fingerprint density at radius 2 is 0.894 bits per heavy atom. The van der Waals surface area contributed by atoms with E-state index in [0.29, 0.717) is 0 Å². The number of benzene rings is 8. The summed E-state index contributed by atoms with van der Waals surface area (Å²) in [5, 5.41) is 11.9. The van der Waals surface area contributed by atoms with E-state index >= 15 is 0 Å². The van der Waals surface area contributed by atoms with Crippen molar-refractivity contribution in [3.8, 4) is 11.4 Å². The number of hydrogen-bond acceptors (Lipinski definition) is 1. The second kappa shape index (κ2) is 9.12. The van der Waals surface area contributed by atoms with Gasteiger partial charge in [0, 0.05) is 32.6 Å². The highest BCUT2D eigenvalue weighted by atomic mass is 16.3. The first-order chi connectivity index (χ1) is 23.3. The minimum atomic E-state index is 0.933. The summed E-state index contributed by atoms with van der Waals surface area (Å²) >= 11 is 0. The van der Waals surface area contributed by atoms with Crippen molar-refractivity contribution in [1.82, 2.24) is 9.13 Å². The molecule has 0 saturated carbocycles. The zero-order valence-electron chi connectivity index (χ0n) is 25.3. The van der Waals surface area contributed by atoms with E-state index < -0.39 is 0 Å². The summed E-state index contributed by atoms with van der Waals surface area (Å²) in [5.74, 6) is 0. The number of rotatable bonds is 2. The Morgan fingerprint density at radius 1 is 0.340 bits per heavy atom. The van der Waals surface area contributed by atoms with Gasteiger partial charge in [-0.2, -0.15) is 0 Å². The van der Waals surface area contributed by atoms with Crippen LogP contribution in [0.1, 0.15) is 0 Å². The maximum absolute atomic E-state index is 7.12. The van der Waals surface area contributed by atoms with Crippen molar-refractivity contribution >= 4 is 87.1 Å². The van der Waals surface area contributed by atoms with Crippen LogP contribution in [0.4, 0.5) is 0 Å². The molecule has 0 unspecified atom stereocenters. The number of fused-ring (bicyclic) bond motifs is 13. The molecule has 11 aromatic rings. The molecule has 0 fully saturated rings. The topological polar surface area (TPSA) is 23.0 Å². The number of aromatic nitrogens is 2. The van der Waals surface area contributed by atoms with Gasteiger partial charge in [0.05, 0.1) is 38.5 Å². The third-order valence-corrected chi connectivity index (χ3v) is 10.1. The van der Waals surface area contributed by atoms with Crippen molar-refractivity contribution in [3.63, 3.8) is 0 Å². The van der Waals surface area contributed by atoms with E-state index in [1.165, 1.54) is 49.0 Å². The van der Waals surface area contributed by atoms with Crippen molar-refractivity contribution in [2.45, 2.75) is 0 Å². The molecule has 47 heavy (non-hydrogen) atoms. The molecule has 3 nitrogen and oxygen atoms in total. The van der Waals surface area contributed by atoms with Gasteiger partial charge in [0.1, 0.15) is 11.2 Å². The van der Waals surface area contributed by atoms with Crippen LogP contribution in [-0.2, 0) is 0 Å². The molecule has 0 radical (unpaired) electrons. The largest absolute Gasteiger partial charge is 0.455 e. The highest BCUT2D eigenvalue weighted by molar-refractivity contribution is 6.29. The Hall–Kier alpha value is -6.32. The van der Waals surface area contributed by atoms with E-state index in [-0.39, 0.29) is 0 Å². The van der Waals surface area contributed by atoms with E-state index in [0.717, 1.165) is 49.4 Å². The molecule has 218 valence electrons. The second-order valence-corrected chi connectivity index (χ2v) is 12.5. The Morgan fingerprint density at radius 3 is 1.62 bits per heavy atom. The summed E-state index contributed by atoms with van der Waals surface area (Å²) in [6.07, 6.45) is 0. The van der Waals surface area contributed by atoms with Gasteiger partial charge < -0.3 is 13.6 Å². The minimum Gasteiger partial charge on any atom is -0.455 e. The standard InChI is InChI=1S/C44H26N2O/c1-2-12-29-26-30(21-20-27(29)10-1)45-37-17-7-5-15-34(37)41-39(45)24-22-32-33-23-25-40-42(44(33)47-43(32)41)35-16-6-8-18-38(35)46(40)36-19-9-13-28-11-3-4-14-31(28)36/h1-26H. The fourth-order valence-electron chi connectivity index (χ4n) is 8.05. The minimum absolute atomic E-state index is 0.933. The lowest BCUT2D eigenvalue weighted by atomic mass is 10.1. The molecular weight excluding hydrogens is 572 g/mol. The lowest BCUT2D eigenvalue weighted by Crippen LogP contribution is -1.94. The predicted octanol–water partition coefficient (Wildman–Crippen LogP) is 12.1. The van der Waals surface area contributed by atoms with Crippen molar-refractivity contribution in [2.75, 3.05) is 0 Å². The normalized spacial score (nSPS) is 12.3. The van der Waals surface area contributed by atoms with Crippen molar-refractivity contribution < 1.29 is 4.42 Å². The summed E-state index contributed by atoms with van der Waals surface area (Å²) in [6.45, 7) is 0.